The summed E-state index contributed by atoms with van der Waals surface area (Å²) in [6.07, 6.45) is 6.69. The summed E-state index contributed by atoms with van der Waals surface area (Å²) in [6, 6.07) is 0. The fourth-order valence-corrected chi connectivity index (χ4v) is 2.17. The van der Waals surface area contributed by atoms with E-state index in [9.17, 15) is 4.79 Å². The van der Waals surface area contributed by atoms with Gasteiger partial charge in [-0.25, -0.2) is 0 Å². The van der Waals surface area contributed by atoms with Crippen molar-refractivity contribution >= 4 is 5.97 Å². The molecule has 0 aromatic carbocycles. The molecule has 2 atom stereocenters. The number of carbonyl (C=O) groups excluding carboxylic acids is 1. The van der Waals surface area contributed by atoms with Crippen LogP contribution in [0.4, 0.5) is 0 Å². The molecule has 2 fully saturated rings. The van der Waals surface area contributed by atoms with Gasteiger partial charge in [0.05, 0.1) is 5.92 Å². The van der Waals surface area contributed by atoms with Gasteiger partial charge in [0, 0.05) is 6.61 Å². The van der Waals surface area contributed by atoms with Crippen LogP contribution < -0.4 is 0 Å². The van der Waals surface area contributed by atoms with Gasteiger partial charge in [-0.2, -0.15) is 0 Å². The molecule has 0 saturated heterocycles. The van der Waals surface area contributed by atoms with Crippen molar-refractivity contribution in [2.75, 3.05) is 6.61 Å². The lowest BCUT2D eigenvalue weighted by Crippen LogP contribution is -2.22. The highest BCUT2D eigenvalue weighted by atomic mass is 16.5. The zero-order valence-corrected chi connectivity index (χ0v) is 8.45. The number of esters is 1. The minimum absolute atomic E-state index is 0.00178. The van der Waals surface area contributed by atoms with Gasteiger partial charge in [-0.15, -0.1) is 0 Å². The molecule has 2 aliphatic carbocycles. The molecule has 0 bridgehead atoms. The van der Waals surface area contributed by atoms with Gasteiger partial charge in [0.25, 0.3) is 0 Å². The topological polar surface area (TPSA) is 46.5 Å². The summed E-state index contributed by atoms with van der Waals surface area (Å²) >= 11 is 0. The van der Waals surface area contributed by atoms with Gasteiger partial charge in [0.2, 0.25) is 0 Å². The number of hydrogen-bond donors (Lipinski definition) is 1. The standard InChI is InChI=1S/C11H18O3/c12-7-8-6-10(8)11(13)14-9-4-2-1-3-5-9/h8-10,12H,1-7H2/t8-,10+/m0/s1. The van der Waals surface area contributed by atoms with Crippen molar-refractivity contribution in [2.24, 2.45) is 11.8 Å². The summed E-state index contributed by atoms with van der Waals surface area (Å²) < 4.78 is 5.40. The van der Waals surface area contributed by atoms with Crippen LogP contribution in [0.25, 0.3) is 0 Å². The van der Waals surface area contributed by atoms with E-state index < -0.39 is 0 Å². The van der Waals surface area contributed by atoms with Gasteiger partial charge in [0.15, 0.2) is 0 Å². The van der Waals surface area contributed by atoms with Crippen LogP contribution in [0.15, 0.2) is 0 Å². The van der Waals surface area contributed by atoms with Gasteiger partial charge in [0.1, 0.15) is 6.10 Å². The Bertz CT molecular complexity index is 209. The Morgan fingerprint density at radius 2 is 2.00 bits per heavy atom. The minimum atomic E-state index is -0.0732. The van der Waals surface area contributed by atoms with Crippen LogP contribution in [0.3, 0.4) is 0 Å². The van der Waals surface area contributed by atoms with Gasteiger partial charge in [-0.3, -0.25) is 4.79 Å². The van der Waals surface area contributed by atoms with Crippen molar-refractivity contribution in [3.8, 4) is 0 Å². The lowest BCUT2D eigenvalue weighted by atomic mass is 9.98. The number of hydrogen-bond acceptors (Lipinski definition) is 3. The molecule has 80 valence electrons. The Kier molecular flexibility index (Phi) is 3.06. The third kappa shape index (κ3) is 2.27. The fourth-order valence-electron chi connectivity index (χ4n) is 2.17. The lowest BCUT2D eigenvalue weighted by molar-refractivity contribution is -0.152. The maximum absolute atomic E-state index is 11.5. The lowest BCUT2D eigenvalue weighted by Gasteiger charge is -2.21. The normalized spacial score (nSPS) is 32.6. The molecule has 2 rings (SSSR count). The molecule has 14 heavy (non-hydrogen) atoms. The summed E-state index contributed by atoms with van der Waals surface area (Å²) in [6.45, 7) is 0.129. The third-order valence-corrected chi connectivity index (χ3v) is 3.29. The summed E-state index contributed by atoms with van der Waals surface area (Å²) in [5.74, 6) is 0.115. The molecule has 0 aromatic rings. The number of ether oxygens (including phenoxy) is 1. The largest absolute Gasteiger partial charge is 0.462 e. The van der Waals surface area contributed by atoms with Crippen LogP contribution in [0.2, 0.25) is 0 Å². The first-order valence-corrected chi connectivity index (χ1v) is 5.62. The monoisotopic (exact) mass is 198 g/mol. The predicted octanol–water partition coefficient (Wildman–Crippen LogP) is 1.49. The van der Waals surface area contributed by atoms with Crippen molar-refractivity contribution < 1.29 is 14.6 Å². The van der Waals surface area contributed by atoms with E-state index in [0.29, 0.717) is 0 Å². The second-order valence-electron chi connectivity index (χ2n) is 4.48. The van der Waals surface area contributed by atoms with E-state index in [4.69, 9.17) is 9.84 Å². The van der Waals surface area contributed by atoms with Crippen molar-refractivity contribution in [3.63, 3.8) is 0 Å². The number of aliphatic hydroxyl groups is 1. The van der Waals surface area contributed by atoms with Crippen molar-refractivity contribution in [3.05, 3.63) is 0 Å². The SMILES string of the molecule is O=C(OC1CCCCC1)[C@@H]1C[C@H]1CO. The summed E-state index contributed by atoms with van der Waals surface area (Å²) in [4.78, 5) is 11.5. The molecule has 0 aromatic heterocycles. The summed E-state index contributed by atoms with van der Waals surface area (Å²) in [5.41, 5.74) is 0. The Morgan fingerprint density at radius 3 is 2.57 bits per heavy atom. The maximum Gasteiger partial charge on any atom is 0.309 e. The first-order valence-electron chi connectivity index (χ1n) is 5.62. The zero-order valence-electron chi connectivity index (χ0n) is 8.45. The molecule has 3 nitrogen and oxygen atoms in total. The first-order chi connectivity index (χ1) is 6.81. The van der Waals surface area contributed by atoms with Crippen LogP contribution in [0.5, 0.6) is 0 Å². The molecule has 0 spiro atoms. The molecule has 3 heteroatoms. The number of carbonyl (C=O) groups is 1. The number of aliphatic hydroxyl groups excluding tert-OH is 1. The average molecular weight is 198 g/mol. The molecule has 0 heterocycles. The Balaban J connectivity index is 1.71. The van der Waals surface area contributed by atoms with E-state index in [0.717, 1.165) is 19.3 Å². The van der Waals surface area contributed by atoms with Crippen LogP contribution in [-0.4, -0.2) is 23.8 Å². The molecule has 0 radical (unpaired) electrons. The van der Waals surface area contributed by atoms with Crippen LogP contribution in [-0.2, 0) is 9.53 Å². The Morgan fingerprint density at radius 1 is 1.29 bits per heavy atom. The fraction of sp³-hybridized carbons (Fsp3) is 0.909. The van der Waals surface area contributed by atoms with Crippen molar-refractivity contribution in [2.45, 2.75) is 44.6 Å². The molecular formula is C11H18O3. The highest BCUT2D eigenvalue weighted by Gasteiger charge is 2.44. The van der Waals surface area contributed by atoms with E-state index in [1.54, 1.807) is 0 Å². The smallest absolute Gasteiger partial charge is 0.309 e. The quantitative estimate of drug-likeness (QED) is 0.699. The molecule has 1 N–H and O–H groups in total. The number of rotatable bonds is 3. The minimum Gasteiger partial charge on any atom is -0.462 e. The predicted molar refractivity (Wildman–Crippen MR) is 51.6 cm³/mol. The first kappa shape index (κ1) is 9.97. The van der Waals surface area contributed by atoms with Gasteiger partial charge in [-0.1, -0.05) is 6.42 Å². The highest BCUT2D eigenvalue weighted by Crippen LogP contribution is 2.39. The van der Waals surface area contributed by atoms with E-state index in [1.165, 1.54) is 19.3 Å². The van der Waals surface area contributed by atoms with E-state index in [1.807, 2.05) is 0 Å². The van der Waals surface area contributed by atoms with Gasteiger partial charge >= 0.3 is 5.97 Å². The molecule has 0 unspecified atom stereocenters. The molecule has 0 amide bonds. The van der Waals surface area contributed by atoms with Crippen LogP contribution >= 0.6 is 0 Å². The van der Waals surface area contributed by atoms with E-state index in [-0.39, 0.29) is 30.5 Å². The van der Waals surface area contributed by atoms with E-state index >= 15 is 0 Å². The second kappa shape index (κ2) is 4.30. The summed E-state index contributed by atoms with van der Waals surface area (Å²) in [7, 11) is 0. The van der Waals surface area contributed by atoms with E-state index in [2.05, 4.69) is 0 Å². The highest BCUT2D eigenvalue weighted by molar-refractivity contribution is 5.75. The Labute approximate surface area is 84.4 Å². The van der Waals surface area contributed by atoms with Gasteiger partial charge < -0.3 is 9.84 Å². The van der Waals surface area contributed by atoms with Gasteiger partial charge in [-0.05, 0) is 38.0 Å². The zero-order chi connectivity index (χ0) is 9.97. The molecule has 2 saturated carbocycles. The maximum atomic E-state index is 11.5. The third-order valence-electron chi connectivity index (χ3n) is 3.29. The average Bonchev–Trinajstić information content (AvgIpc) is 2.98. The Hall–Kier alpha value is -0.570. The molecule has 2 aliphatic rings. The second-order valence-corrected chi connectivity index (χ2v) is 4.48. The van der Waals surface area contributed by atoms with Crippen LogP contribution in [0.1, 0.15) is 38.5 Å². The summed E-state index contributed by atoms with van der Waals surface area (Å²) in [5, 5.41) is 8.82. The molecular weight excluding hydrogens is 180 g/mol. The van der Waals surface area contributed by atoms with Crippen molar-refractivity contribution in [1.29, 1.82) is 0 Å². The molecule has 0 aliphatic heterocycles. The van der Waals surface area contributed by atoms with Crippen LogP contribution in [0, 0.1) is 11.8 Å². The van der Waals surface area contributed by atoms with Crippen molar-refractivity contribution in [1.82, 2.24) is 0 Å².